The number of benzene rings is 2. The number of nitrogens with zero attached hydrogens (tertiary/aromatic N) is 2. The van der Waals surface area contributed by atoms with E-state index in [1.165, 1.54) is 22.5 Å². The number of anilines is 1. The first-order chi connectivity index (χ1) is 14.2. The first kappa shape index (κ1) is 19.4. The van der Waals surface area contributed by atoms with Gasteiger partial charge < -0.3 is 10.1 Å². The molecule has 0 saturated carbocycles. The molecule has 2 heterocycles. The second-order valence-electron chi connectivity index (χ2n) is 6.90. The van der Waals surface area contributed by atoms with E-state index >= 15 is 0 Å². The lowest BCUT2D eigenvalue weighted by molar-refractivity contribution is -0.117. The summed E-state index contributed by atoms with van der Waals surface area (Å²) in [6.07, 6.45) is 3.17. The van der Waals surface area contributed by atoms with Crippen molar-refractivity contribution in [2.45, 2.75) is 6.42 Å². The molecular weight excluding hydrogens is 382 g/mol. The van der Waals surface area contributed by atoms with Crippen molar-refractivity contribution < 1.29 is 9.53 Å². The van der Waals surface area contributed by atoms with Gasteiger partial charge in [-0.05, 0) is 41.8 Å². The Morgan fingerprint density at radius 3 is 2.62 bits per heavy atom. The van der Waals surface area contributed by atoms with Crippen LogP contribution in [0, 0.1) is 0 Å². The molecule has 2 aromatic carbocycles. The van der Waals surface area contributed by atoms with Crippen LogP contribution in [0.3, 0.4) is 0 Å². The monoisotopic (exact) mass is 405 g/mol. The topological polar surface area (TPSA) is 54.5 Å². The quantitative estimate of drug-likeness (QED) is 0.654. The molecular formula is C23H23N3O2S. The molecule has 6 heteroatoms. The van der Waals surface area contributed by atoms with Gasteiger partial charge in [0, 0.05) is 24.0 Å². The van der Waals surface area contributed by atoms with Gasteiger partial charge in [-0.25, -0.2) is 4.98 Å². The fourth-order valence-corrected chi connectivity index (χ4v) is 4.09. The maximum atomic E-state index is 12.4. The molecule has 1 N–H and O–H groups in total. The van der Waals surface area contributed by atoms with Crippen molar-refractivity contribution in [3.05, 3.63) is 71.6 Å². The van der Waals surface area contributed by atoms with E-state index in [-0.39, 0.29) is 5.91 Å². The molecule has 1 aromatic heterocycles. The average Bonchev–Trinajstić information content (AvgIpc) is 3.23. The fourth-order valence-electron chi connectivity index (χ4n) is 3.36. The van der Waals surface area contributed by atoms with Gasteiger partial charge in [0.05, 0.1) is 19.3 Å². The highest BCUT2D eigenvalue weighted by Gasteiger charge is 2.16. The lowest BCUT2D eigenvalue weighted by Crippen LogP contribution is -2.36. The van der Waals surface area contributed by atoms with Gasteiger partial charge in [0.25, 0.3) is 0 Å². The highest BCUT2D eigenvalue weighted by atomic mass is 32.1. The van der Waals surface area contributed by atoms with Crippen molar-refractivity contribution >= 4 is 27.9 Å². The fraction of sp³-hybridized carbons (Fsp3) is 0.217. The van der Waals surface area contributed by atoms with E-state index < -0.39 is 0 Å². The van der Waals surface area contributed by atoms with Crippen molar-refractivity contribution in [2.24, 2.45) is 0 Å². The lowest BCUT2D eigenvalue weighted by atomic mass is 10.00. The highest BCUT2D eigenvalue weighted by Crippen LogP contribution is 2.26. The zero-order chi connectivity index (χ0) is 20.1. The lowest BCUT2D eigenvalue weighted by Gasteiger charge is -2.25. The number of thiazole rings is 1. The van der Waals surface area contributed by atoms with Gasteiger partial charge in [-0.15, -0.1) is 11.3 Å². The van der Waals surface area contributed by atoms with E-state index in [9.17, 15) is 4.79 Å². The molecule has 0 saturated heterocycles. The maximum absolute atomic E-state index is 12.4. The van der Waals surface area contributed by atoms with Gasteiger partial charge in [0.15, 0.2) is 5.13 Å². The molecule has 0 spiro atoms. The van der Waals surface area contributed by atoms with Crippen LogP contribution in [0.4, 0.5) is 5.13 Å². The van der Waals surface area contributed by atoms with E-state index in [1.807, 2.05) is 35.7 Å². The van der Waals surface area contributed by atoms with Crippen molar-refractivity contribution in [1.82, 2.24) is 9.88 Å². The molecule has 1 aliphatic heterocycles. The van der Waals surface area contributed by atoms with Crippen LogP contribution in [0.15, 0.2) is 66.1 Å². The van der Waals surface area contributed by atoms with E-state index in [2.05, 4.69) is 45.5 Å². The summed E-state index contributed by atoms with van der Waals surface area (Å²) in [7, 11) is 1.64. The Morgan fingerprint density at radius 2 is 1.93 bits per heavy atom. The molecule has 4 rings (SSSR count). The largest absolute Gasteiger partial charge is 0.497 e. The van der Waals surface area contributed by atoms with Crippen LogP contribution in [-0.2, 0) is 4.79 Å². The van der Waals surface area contributed by atoms with Gasteiger partial charge in [-0.3, -0.25) is 9.69 Å². The summed E-state index contributed by atoms with van der Waals surface area (Å²) in [6, 6.07) is 18.2. The predicted octanol–water partition coefficient (Wildman–Crippen LogP) is 4.55. The second kappa shape index (κ2) is 9.03. The SMILES string of the molecule is COc1ccc(-c2csc(NC(=O)CN3CC=C(c4ccccc4)CC3)n2)cc1. The van der Waals surface area contributed by atoms with Crippen LogP contribution >= 0.6 is 11.3 Å². The zero-order valence-corrected chi connectivity index (χ0v) is 17.1. The van der Waals surface area contributed by atoms with Crippen LogP contribution in [0.1, 0.15) is 12.0 Å². The zero-order valence-electron chi connectivity index (χ0n) is 16.3. The van der Waals surface area contributed by atoms with Gasteiger partial charge in [-0.1, -0.05) is 36.4 Å². The molecule has 0 atom stereocenters. The van der Waals surface area contributed by atoms with Crippen molar-refractivity contribution in [3.63, 3.8) is 0 Å². The number of rotatable bonds is 6. The summed E-state index contributed by atoms with van der Waals surface area (Å²) in [5.74, 6) is 0.778. The second-order valence-corrected chi connectivity index (χ2v) is 7.75. The normalized spacial score (nSPS) is 14.3. The molecule has 5 nitrogen and oxygen atoms in total. The van der Waals surface area contributed by atoms with E-state index in [0.29, 0.717) is 11.7 Å². The summed E-state index contributed by atoms with van der Waals surface area (Å²) < 4.78 is 5.18. The summed E-state index contributed by atoms with van der Waals surface area (Å²) in [6.45, 7) is 2.03. The maximum Gasteiger partial charge on any atom is 0.240 e. The summed E-state index contributed by atoms with van der Waals surface area (Å²) in [5.41, 5.74) is 4.47. The predicted molar refractivity (Wildman–Crippen MR) is 118 cm³/mol. The average molecular weight is 406 g/mol. The Labute approximate surface area is 174 Å². The van der Waals surface area contributed by atoms with Crippen LogP contribution in [-0.4, -0.2) is 42.5 Å². The smallest absolute Gasteiger partial charge is 0.240 e. The van der Waals surface area contributed by atoms with Gasteiger partial charge in [0.1, 0.15) is 5.75 Å². The molecule has 3 aromatic rings. The molecule has 148 valence electrons. The molecule has 1 amide bonds. The third kappa shape index (κ3) is 4.91. The number of nitrogens with one attached hydrogen (secondary N) is 1. The Kier molecular flexibility index (Phi) is 6.03. The number of methoxy groups -OCH3 is 1. The molecule has 0 fully saturated rings. The minimum atomic E-state index is -0.0304. The minimum Gasteiger partial charge on any atom is -0.497 e. The van der Waals surface area contributed by atoms with Crippen LogP contribution in [0.5, 0.6) is 5.75 Å². The number of aromatic nitrogens is 1. The van der Waals surface area contributed by atoms with Crippen molar-refractivity contribution in [3.8, 4) is 17.0 Å². The summed E-state index contributed by atoms with van der Waals surface area (Å²) in [5, 5.41) is 5.50. The summed E-state index contributed by atoms with van der Waals surface area (Å²) >= 11 is 1.44. The Hall–Kier alpha value is -2.96. The van der Waals surface area contributed by atoms with Crippen LogP contribution in [0.2, 0.25) is 0 Å². The standard InChI is InChI=1S/C23H23N3O2S/c1-28-20-9-7-19(8-10-20)21-16-29-23(24-21)25-22(27)15-26-13-11-18(12-14-26)17-5-3-2-4-6-17/h2-11,16H,12-15H2,1H3,(H,24,25,27). The third-order valence-corrected chi connectivity index (χ3v) is 5.70. The van der Waals surface area contributed by atoms with E-state index in [0.717, 1.165) is 36.5 Å². The molecule has 1 aliphatic rings. The van der Waals surface area contributed by atoms with E-state index in [4.69, 9.17) is 4.74 Å². The molecule has 0 aliphatic carbocycles. The Balaban J connectivity index is 1.31. The number of carbonyl (C=O) groups excluding carboxylic acids is 1. The Morgan fingerprint density at radius 1 is 1.14 bits per heavy atom. The summed E-state index contributed by atoms with van der Waals surface area (Å²) in [4.78, 5) is 19.1. The van der Waals surface area contributed by atoms with Crippen LogP contribution in [0.25, 0.3) is 16.8 Å². The minimum absolute atomic E-state index is 0.0304. The van der Waals surface area contributed by atoms with Gasteiger partial charge >= 0.3 is 0 Å². The number of hydrogen-bond acceptors (Lipinski definition) is 5. The first-order valence-corrected chi connectivity index (χ1v) is 10.5. The van der Waals surface area contributed by atoms with Gasteiger partial charge in [0.2, 0.25) is 5.91 Å². The third-order valence-electron chi connectivity index (χ3n) is 4.94. The number of carbonyl (C=O) groups is 1. The van der Waals surface area contributed by atoms with Crippen molar-refractivity contribution in [2.75, 3.05) is 32.1 Å². The first-order valence-electron chi connectivity index (χ1n) is 9.58. The molecule has 0 bridgehead atoms. The molecule has 0 unspecified atom stereocenters. The molecule has 29 heavy (non-hydrogen) atoms. The number of ether oxygens (including phenoxy) is 1. The van der Waals surface area contributed by atoms with Crippen molar-refractivity contribution in [1.29, 1.82) is 0 Å². The molecule has 0 radical (unpaired) electrons. The van der Waals surface area contributed by atoms with E-state index in [1.54, 1.807) is 7.11 Å². The number of hydrogen-bond donors (Lipinski definition) is 1. The Bertz CT molecular complexity index is 996. The van der Waals surface area contributed by atoms with Gasteiger partial charge in [-0.2, -0.15) is 0 Å². The highest BCUT2D eigenvalue weighted by molar-refractivity contribution is 7.14. The van der Waals surface area contributed by atoms with Crippen LogP contribution < -0.4 is 10.1 Å². The number of amides is 1.